The average Bonchev–Trinajstić information content (AvgIpc) is 2.74. The molecule has 0 fully saturated rings. The Morgan fingerprint density at radius 1 is 0.929 bits per heavy atom. The fourth-order valence-electron chi connectivity index (χ4n) is 2.39. The van der Waals surface area contributed by atoms with Gasteiger partial charge in [0.1, 0.15) is 5.82 Å². The summed E-state index contributed by atoms with van der Waals surface area (Å²) in [6.07, 6.45) is 1.46. The number of rotatable bonds is 5. The number of benzene rings is 2. The number of nitrogens with one attached hydrogen (secondary N) is 2. The second-order valence-corrected chi connectivity index (χ2v) is 5.77. The Kier molecular flexibility index (Phi) is 5.63. The number of esters is 1. The van der Waals surface area contributed by atoms with Gasteiger partial charge in [-0.25, -0.2) is 9.78 Å². The van der Waals surface area contributed by atoms with Crippen LogP contribution < -0.4 is 10.6 Å². The average molecular weight is 372 g/mol. The Morgan fingerprint density at radius 3 is 2.14 bits per heavy atom. The van der Waals surface area contributed by atoms with Gasteiger partial charge in [0.15, 0.2) is 0 Å². The summed E-state index contributed by atoms with van der Waals surface area (Å²) < 4.78 is 4.66. The maximum atomic E-state index is 12.3. The number of hydrogen-bond donors (Lipinski definition) is 2. The van der Waals surface area contributed by atoms with E-state index in [0.717, 1.165) is 5.69 Å². The van der Waals surface area contributed by atoms with Gasteiger partial charge in [-0.2, -0.15) is 5.26 Å². The van der Waals surface area contributed by atoms with Gasteiger partial charge >= 0.3 is 5.97 Å². The first-order valence-electron chi connectivity index (χ1n) is 8.32. The van der Waals surface area contributed by atoms with Gasteiger partial charge in [-0.3, -0.25) is 4.79 Å². The number of nitrogens with zero attached hydrogens (tertiary/aromatic N) is 2. The minimum absolute atomic E-state index is 0.300. The molecule has 0 aliphatic heterocycles. The molecule has 7 nitrogen and oxygen atoms in total. The summed E-state index contributed by atoms with van der Waals surface area (Å²) in [5.41, 5.74) is 2.72. The Hall–Kier alpha value is -4.18. The van der Waals surface area contributed by atoms with E-state index in [2.05, 4.69) is 20.4 Å². The predicted octanol–water partition coefficient (Wildman–Crippen LogP) is 3.74. The first-order chi connectivity index (χ1) is 13.6. The number of nitriles is 1. The zero-order chi connectivity index (χ0) is 19.9. The van der Waals surface area contributed by atoms with Crippen LogP contribution in [0.1, 0.15) is 26.3 Å². The Labute approximate surface area is 161 Å². The van der Waals surface area contributed by atoms with Crippen LogP contribution in [0.25, 0.3) is 0 Å². The molecular weight excluding hydrogens is 356 g/mol. The van der Waals surface area contributed by atoms with Crippen molar-refractivity contribution >= 4 is 29.1 Å². The van der Waals surface area contributed by atoms with Crippen molar-refractivity contribution in [1.82, 2.24) is 4.98 Å². The molecule has 7 heteroatoms. The Morgan fingerprint density at radius 2 is 1.57 bits per heavy atom. The minimum Gasteiger partial charge on any atom is -0.465 e. The molecule has 1 amide bonds. The third kappa shape index (κ3) is 4.51. The molecule has 0 aliphatic rings. The standard InChI is InChI=1S/C21H16N4O3/c1-28-21(27)15-4-9-17(10-5-15)24-19-11-6-16(13-23-19)20(26)25-18-7-2-14(12-22)3-8-18/h2-11,13H,1H3,(H,23,24)(H,25,26). The van der Waals surface area contributed by atoms with Crippen molar-refractivity contribution < 1.29 is 14.3 Å². The highest BCUT2D eigenvalue weighted by atomic mass is 16.5. The molecule has 0 aliphatic carbocycles. The van der Waals surface area contributed by atoms with Crippen molar-refractivity contribution in [2.75, 3.05) is 17.7 Å². The van der Waals surface area contributed by atoms with E-state index in [1.54, 1.807) is 60.7 Å². The van der Waals surface area contributed by atoms with Crippen LogP contribution in [0.3, 0.4) is 0 Å². The first-order valence-corrected chi connectivity index (χ1v) is 8.32. The Bertz CT molecular complexity index is 1020. The van der Waals surface area contributed by atoms with Crippen molar-refractivity contribution in [3.63, 3.8) is 0 Å². The van der Waals surface area contributed by atoms with Crippen LogP contribution in [0.2, 0.25) is 0 Å². The molecule has 3 rings (SSSR count). The van der Waals surface area contributed by atoms with E-state index in [0.29, 0.717) is 28.2 Å². The summed E-state index contributed by atoms with van der Waals surface area (Å²) in [6, 6.07) is 18.7. The second kappa shape index (κ2) is 8.47. The molecule has 3 aromatic rings. The molecule has 0 atom stereocenters. The summed E-state index contributed by atoms with van der Waals surface area (Å²) >= 11 is 0. The molecule has 2 aromatic carbocycles. The monoisotopic (exact) mass is 372 g/mol. The van der Waals surface area contributed by atoms with Crippen LogP contribution in [0.5, 0.6) is 0 Å². The summed E-state index contributed by atoms with van der Waals surface area (Å²) in [4.78, 5) is 28.0. The number of carbonyl (C=O) groups is 2. The van der Waals surface area contributed by atoms with E-state index in [9.17, 15) is 9.59 Å². The summed E-state index contributed by atoms with van der Waals surface area (Å²) in [5, 5.41) is 14.6. The number of pyridine rings is 1. The molecule has 0 saturated heterocycles. The Balaban J connectivity index is 1.63. The van der Waals surface area contributed by atoms with E-state index >= 15 is 0 Å². The molecule has 0 spiro atoms. The highest BCUT2D eigenvalue weighted by molar-refractivity contribution is 6.04. The molecule has 0 saturated carbocycles. The lowest BCUT2D eigenvalue weighted by Gasteiger charge is -2.08. The van der Waals surface area contributed by atoms with Gasteiger partial charge in [0.25, 0.3) is 5.91 Å². The molecule has 1 heterocycles. The van der Waals surface area contributed by atoms with Crippen molar-refractivity contribution in [2.24, 2.45) is 0 Å². The highest BCUT2D eigenvalue weighted by Crippen LogP contribution is 2.17. The van der Waals surface area contributed by atoms with Gasteiger partial charge in [0.2, 0.25) is 0 Å². The van der Waals surface area contributed by atoms with Crippen molar-refractivity contribution in [3.8, 4) is 6.07 Å². The molecule has 1 aromatic heterocycles. The van der Waals surface area contributed by atoms with Gasteiger partial charge < -0.3 is 15.4 Å². The molecule has 0 radical (unpaired) electrons. The maximum Gasteiger partial charge on any atom is 0.337 e. The highest BCUT2D eigenvalue weighted by Gasteiger charge is 2.08. The maximum absolute atomic E-state index is 12.3. The largest absolute Gasteiger partial charge is 0.465 e. The number of carbonyl (C=O) groups excluding carboxylic acids is 2. The molecule has 28 heavy (non-hydrogen) atoms. The van der Waals surface area contributed by atoms with Crippen molar-refractivity contribution in [1.29, 1.82) is 5.26 Å². The van der Waals surface area contributed by atoms with Gasteiger partial charge in [-0.15, -0.1) is 0 Å². The number of hydrogen-bond acceptors (Lipinski definition) is 6. The first kappa shape index (κ1) is 18.6. The zero-order valence-electron chi connectivity index (χ0n) is 15.0. The van der Waals surface area contributed by atoms with Crippen LogP contribution in [0.15, 0.2) is 66.9 Å². The second-order valence-electron chi connectivity index (χ2n) is 5.77. The van der Waals surface area contributed by atoms with Gasteiger partial charge in [-0.1, -0.05) is 0 Å². The topological polar surface area (TPSA) is 104 Å². The summed E-state index contributed by atoms with van der Waals surface area (Å²) in [5.74, 6) is -0.144. The number of amides is 1. The molecule has 0 bridgehead atoms. The molecular formula is C21H16N4O3. The summed E-state index contributed by atoms with van der Waals surface area (Å²) in [7, 11) is 1.33. The smallest absolute Gasteiger partial charge is 0.337 e. The van der Waals surface area contributed by atoms with E-state index in [4.69, 9.17) is 5.26 Å². The van der Waals surface area contributed by atoms with E-state index in [1.165, 1.54) is 13.3 Å². The normalized spacial score (nSPS) is 9.86. The van der Waals surface area contributed by atoms with Crippen LogP contribution >= 0.6 is 0 Å². The van der Waals surface area contributed by atoms with Crippen molar-refractivity contribution in [3.05, 3.63) is 83.6 Å². The van der Waals surface area contributed by atoms with E-state index < -0.39 is 5.97 Å². The van der Waals surface area contributed by atoms with Gasteiger partial charge in [0, 0.05) is 17.6 Å². The van der Waals surface area contributed by atoms with Crippen LogP contribution in [-0.4, -0.2) is 24.0 Å². The fourth-order valence-corrected chi connectivity index (χ4v) is 2.39. The molecule has 138 valence electrons. The van der Waals surface area contributed by atoms with Gasteiger partial charge in [0.05, 0.1) is 29.9 Å². The van der Waals surface area contributed by atoms with Crippen LogP contribution in [0.4, 0.5) is 17.2 Å². The zero-order valence-corrected chi connectivity index (χ0v) is 15.0. The van der Waals surface area contributed by atoms with Crippen LogP contribution in [-0.2, 0) is 4.74 Å². The lowest BCUT2D eigenvalue weighted by molar-refractivity contribution is 0.0600. The quantitative estimate of drug-likeness (QED) is 0.661. The number of methoxy groups -OCH3 is 1. The summed E-state index contributed by atoms with van der Waals surface area (Å²) in [6.45, 7) is 0. The van der Waals surface area contributed by atoms with Gasteiger partial charge in [-0.05, 0) is 60.7 Å². The number of anilines is 3. The number of aromatic nitrogens is 1. The lowest BCUT2D eigenvalue weighted by atomic mass is 10.2. The van der Waals surface area contributed by atoms with Crippen LogP contribution in [0, 0.1) is 11.3 Å². The third-order valence-electron chi connectivity index (χ3n) is 3.88. The minimum atomic E-state index is -0.401. The van der Waals surface area contributed by atoms with Crippen molar-refractivity contribution in [2.45, 2.75) is 0 Å². The molecule has 0 unspecified atom stereocenters. The predicted molar refractivity (Wildman–Crippen MR) is 104 cm³/mol. The number of ether oxygens (including phenoxy) is 1. The fraction of sp³-hybridized carbons (Fsp3) is 0.0476. The SMILES string of the molecule is COC(=O)c1ccc(Nc2ccc(C(=O)Nc3ccc(C#N)cc3)cn2)cc1. The lowest BCUT2D eigenvalue weighted by Crippen LogP contribution is -2.12. The third-order valence-corrected chi connectivity index (χ3v) is 3.88. The van der Waals surface area contributed by atoms with E-state index in [-0.39, 0.29) is 5.91 Å². The van der Waals surface area contributed by atoms with E-state index in [1.807, 2.05) is 6.07 Å². The molecule has 2 N–H and O–H groups in total.